The molecule has 5 rings (SSSR count). The summed E-state index contributed by atoms with van der Waals surface area (Å²) in [5.41, 5.74) is 4.77. The summed E-state index contributed by atoms with van der Waals surface area (Å²) in [7, 11) is 3.15. The van der Waals surface area contributed by atoms with E-state index in [-0.39, 0.29) is 12.3 Å². The Labute approximate surface area is 239 Å². The van der Waals surface area contributed by atoms with E-state index in [0.29, 0.717) is 29.4 Å². The number of anilines is 1. The lowest BCUT2D eigenvalue weighted by Gasteiger charge is -2.17. The van der Waals surface area contributed by atoms with Crippen molar-refractivity contribution >= 4 is 29.3 Å². The van der Waals surface area contributed by atoms with E-state index in [0.717, 1.165) is 28.1 Å². The largest absolute Gasteiger partial charge is 0.453 e. The number of hydrogen-bond donors (Lipinski definition) is 3. The number of aromatic nitrogens is 8. The van der Waals surface area contributed by atoms with Crippen LogP contribution < -0.4 is 10.6 Å². The third-order valence-electron chi connectivity index (χ3n) is 6.35. The Bertz CT molecular complexity index is 1630. The third-order valence-corrected chi connectivity index (χ3v) is 6.58. The molecule has 2 aromatic carbocycles. The summed E-state index contributed by atoms with van der Waals surface area (Å²) in [5, 5.41) is 21.9. The molecule has 0 aliphatic carbocycles. The molecule has 0 radical (unpaired) electrons. The molecular formula is C27H27ClN10O3. The van der Waals surface area contributed by atoms with Gasteiger partial charge in [0.15, 0.2) is 0 Å². The van der Waals surface area contributed by atoms with Gasteiger partial charge < -0.3 is 15.0 Å². The molecule has 0 fully saturated rings. The van der Waals surface area contributed by atoms with Crippen LogP contribution in [0.5, 0.6) is 0 Å². The predicted molar refractivity (Wildman–Crippen MR) is 150 cm³/mol. The number of benzene rings is 2. The topological polar surface area (TPSA) is 158 Å². The van der Waals surface area contributed by atoms with Gasteiger partial charge in [-0.25, -0.2) is 14.5 Å². The van der Waals surface area contributed by atoms with Crippen molar-refractivity contribution in [3.8, 4) is 16.9 Å². The van der Waals surface area contributed by atoms with Crippen LogP contribution in [-0.2, 0) is 29.4 Å². The molecule has 0 bridgehead atoms. The van der Waals surface area contributed by atoms with E-state index in [2.05, 4.69) is 46.0 Å². The van der Waals surface area contributed by atoms with Crippen LogP contribution in [0.15, 0.2) is 67.4 Å². The number of ether oxygens (including phenoxy) is 1. The van der Waals surface area contributed by atoms with Gasteiger partial charge in [-0.3, -0.25) is 14.8 Å². The second kappa shape index (κ2) is 12.4. The lowest BCUT2D eigenvalue weighted by molar-refractivity contribution is -0.121. The van der Waals surface area contributed by atoms with E-state index >= 15 is 0 Å². The Balaban J connectivity index is 1.31. The summed E-state index contributed by atoms with van der Waals surface area (Å²) in [6, 6.07) is 12.2. The minimum absolute atomic E-state index is 0.155. The van der Waals surface area contributed by atoms with Gasteiger partial charge in [0.2, 0.25) is 5.91 Å². The van der Waals surface area contributed by atoms with E-state index in [1.54, 1.807) is 35.3 Å². The zero-order valence-electron chi connectivity index (χ0n) is 22.3. The maximum atomic E-state index is 13.2. The van der Waals surface area contributed by atoms with Crippen molar-refractivity contribution in [2.24, 2.45) is 7.05 Å². The van der Waals surface area contributed by atoms with E-state index in [1.165, 1.54) is 18.1 Å². The third kappa shape index (κ3) is 6.94. The maximum absolute atomic E-state index is 13.2. The number of tetrazole rings is 1. The van der Waals surface area contributed by atoms with E-state index < -0.39 is 12.1 Å². The molecule has 13 nitrogen and oxygen atoms in total. The van der Waals surface area contributed by atoms with Crippen molar-refractivity contribution in [1.82, 2.24) is 45.3 Å². The van der Waals surface area contributed by atoms with Crippen LogP contribution in [0.4, 0.5) is 10.5 Å². The minimum atomic E-state index is -0.544. The summed E-state index contributed by atoms with van der Waals surface area (Å²) in [6.45, 7) is 0. The highest BCUT2D eigenvalue weighted by atomic mass is 35.5. The number of carbonyl (C=O) groups is 2. The Hall–Kier alpha value is -5.04. The first-order valence-corrected chi connectivity index (χ1v) is 13.0. The number of rotatable bonds is 10. The molecule has 1 unspecified atom stereocenters. The second-order valence-corrected chi connectivity index (χ2v) is 9.69. The molecule has 5 aromatic rings. The zero-order chi connectivity index (χ0) is 28.8. The molecule has 2 amide bonds. The molecule has 210 valence electrons. The standard InChI is InChI=1S/C27H27ClN10O3/c1-37-15-17(13-31-37)11-22(26-29-14-23(34-26)18-3-7-21(8-4-18)32-27(40)41-2)33-25(39)10-5-19-12-20(28)6-9-24(19)38-16-30-35-36-38/h3-4,6-9,12-16,22H,5,10-11H2,1-2H3,(H,29,34)(H,32,40)(H,33,39). The molecule has 0 saturated carbocycles. The van der Waals surface area contributed by atoms with Gasteiger partial charge in [-0.15, -0.1) is 5.10 Å². The van der Waals surface area contributed by atoms with Crippen molar-refractivity contribution in [2.45, 2.75) is 25.3 Å². The van der Waals surface area contributed by atoms with Crippen molar-refractivity contribution in [3.05, 3.63) is 89.4 Å². The molecule has 41 heavy (non-hydrogen) atoms. The Morgan fingerprint density at radius 1 is 1.15 bits per heavy atom. The molecule has 1 atom stereocenters. The van der Waals surface area contributed by atoms with Gasteiger partial charge in [-0.1, -0.05) is 23.7 Å². The van der Waals surface area contributed by atoms with Gasteiger partial charge >= 0.3 is 6.09 Å². The highest BCUT2D eigenvalue weighted by molar-refractivity contribution is 6.30. The summed E-state index contributed by atoms with van der Waals surface area (Å²) < 4.78 is 7.88. The highest BCUT2D eigenvalue weighted by Crippen LogP contribution is 2.24. The molecule has 3 N–H and O–H groups in total. The second-order valence-electron chi connectivity index (χ2n) is 9.25. The molecule has 0 saturated heterocycles. The lowest BCUT2D eigenvalue weighted by Crippen LogP contribution is -2.31. The first kappa shape index (κ1) is 27.5. The van der Waals surface area contributed by atoms with Gasteiger partial charge in [0.05, 0.1) is 36.9 Å². The van der Waals surface area contributed by atoms with E-state index in [9.17, 15) is 9.59 Å². The monoisotopic (exact) mass is 574 g/mol. The number of amides is 2. The van der Waals surface area contributed by atoms with Gasteiger partial charge in [-0.05, 0) is 63.9 Å². The first-order chi connectivity index (χ1) is 19.9. The number of imidazole rings is 1. The van der Waals surface area contributed by atoms with Gasteiger partial charge in [0, 0.05) is 36.8 Å². The smallest absolute Gasteiger partial charge is 0.411 e. The van der Waals surface area contributed by atoms with Crippen LogP contribution in [0.25, 0.3) is 16.9 Å². The lowest BCUT2D eigenvalue weighted by atomic mass is 10.1. The van der Waals surface area contributed by atoms with Crippen LogP contribution >= 0.6 is 11.6 Å². The number of methoxy groups -OCH3 is 1. The number of hydrogen-bond acceptors (Lipinski definition) is 8. The maximum Gasteiger partial charge on any atom is 0.411 e. The fourth-order valence-corrected chi connectivity index (χ4v) is 4.55. The number of aromatic amines is 1. The van der Waals surface area contributed by atoms with Gasteiger partial charge in [0.1, 0.15) is 12.2 Å². The first-order valence-electron chi connectivity index (χ1n) is 12.7. The van der Waals surface area contributed by atoms with E-state index in [4.69, 9.17) is 11.6 Å². The van der Waals surface area contributed by atoms with E-state index in [1.807, 2.05) is 37.5 Å². The summed E-state index contributed by atoms with van der Waals surface area (Å²) in [4.78, 5) is 32.6. The van der Waals surface area contributed by atoms with Crippen LogP contribution in [0.2, 0.25) is 5.02 Å². The molecule has 0 spiro atoms. The number of nitrogens with zero attached hydrogens (tertiary/aromatic N) is 7. The summed E-state index contributed by atoms with van der Waals surface area (Å²) in [5.74, 6) is 0.448. The number of carbonyl (C=O) groups excluding carboxylic acids is 2. The minimum Gasteiger partial charge on any atom is -0.453 e. The van der Waals surface area contributed by atoms with Crippen LogP contribution in [0.1, 0.15) is 29.4 Å². The molecule has 3 heterocycles. The number of aryl methyl sites for hydroxylation is 2. The van der Waals surface area contributed by atoms with Crippen LogP contribution in [0.3, 0.4) is 0 Å². The van der Waals surface area contributed by atoms with Gasteiger partial charge in [-0.2, -0.15) is 5.10 Å². The average Bonchev–Trinajstić information content (AvgIpc) is 3.75. The average molecular weight is 575 g/mol. The van der Waals surface area contributed by atoms with Crippen molar-refractivity contribution < 1.29 is 14.3 Å². The quantitative estimate of drug-likeness (QED) is 0.228. The van der Waals surface area contributed by atoms with Crippen molar-refractivity contribution in [1.29, 1.82) is 0 Å². The predicted octanol–water partition coefficient (Wildman–Crippen LogP) is 3.65. The fourth-order valence-electron chi connectivity index (χ4n) is 4.36. The molecule has 3 aromatic heterocycles. The Morgan fingerprint density at radius 3 is 2.68 bits per heavy atom. The van der Waals surface area contributed by atoms with Gasteiger partial charge in [0.25, 0.3) is 0 Å². The SMILES string of the molecule is COC(=O)Nc1ccc(-c2cnc(C(Cc3cnn(C)c3)NC(=O)CCc3cc(Cl)ccc3-n3cnnn3)[nH]2)cc1. The van der Waals surface area contributed by atoms with Crippen LogP contribution in [-0.4, -0.2) is 59.1 Å². The number of H-pyrrole nitrogens is 1. The summed E-state index contributed by atoms with van der Waals surface area (Å²) >= 11 is 6.23. The highest BCUT2D eigenvalue weighted by Gasteiger charge is 2.20. The molecule has 0 aliphatic rings. The van der Waals surface area contributed by atoms with Crippen LogP contribution in [0, 0.1) is 0 Å². The molecular weight excluding hydrogens is 548 g/mol. The molecule has 0 aliphatic heterocycles. The zero-order valence-corrected chi connectivity index (χ0v) is 23.0. The Morgan fingerprint density at radius 2 is 1.98 bits per heavy atom. The molecule has 14 heteroatoms. The van der Waals surface area contributed by atoms with Crippen molar-refractivity contribution in [2.75, 3.05) is 12.4 Å². The number of halogens is 1. The fraction of sp³-hybridized carbons (Fsp3) is 0.222. The Kier molecular flexibility index (Phi) is 8.34. The number of nitrogens with one attached hydrogen (secondary N) is 3. The van der Waals surface area contributed by atoms with Crippen molar-refractivity contribution in [3.63, 3.8) is 0 Å². The summed E-state index contributed by atoms with van der Waals surface area (Å²) in [6.07, 6.45) is 7.46. The normalized spacial score (nSPS) is 11.7.